The Balaban J connectivity index is 1.81. The van der Waals surface area contributed by atoms with Crippen LogP contribution in [-0.4, -0.2) is 40.5 Å². The van der Waals surface area contributed by atoms with E-state index in [2.05, 4.69) is 15.5 Å². The molecule has 118 valence electrons. The number of benzene rings is 1. The molecule has 0 fully saturated rings. The van der Waals surface area contributed by atoms with Crippen LogP contribution >= 0.6 is 23.2 Å². The number of aromatic amines is 1. The molecule has 1 atom stereocenters. The van der Waals surface area contributed by atoms with Crippen LogP contribution in [0.4, 0.5) is 0 Å². The number of nitrogens with zero attached hydrogens (tertiary/aromatic N) is 1. The number of aryl methyl sites for hydroxylation is 1. The van der Waals surface area contributed by atoms with Crippen molar-refractivity contribution in [3.05, 3.63) is 45.7 Å². The zero-order valence-corrected chi connectivity index (χ0v) is 13.3. The van der Waals surface area contributed by atoms with Gasteiger partial charge in [0.2, 0.25) is 0 Å². The summed E-state index contributed by atoms with van der Waals surface area (Å²) < 4.78 is 5.39. The molecule has 1 amide bonds. The molecule has 2 rings (SSSR count). The van der Waals surface area contributed by atoms with E-state index in [9.17, 15) is 9.90 Å². The average Bonchev–Trinajstić information content (AvgIpc) is 2.92. The molecule has 0 bridgehead atoms. The van der Waals surface area contributed by atoms with Crippen LogP contribution < -0.4 is 10.1 Å². The number of nitrogens with one attached hydrogen (secondary N) is 2. The van der Waals surface area contributed by atoms with Crippen LogP contribution in [0.3, 0.4) is 0 Å². The topological polar surface area (TPSA) is 87.2 Å². The SMILES string of the molecule is Cc1[nH]ncc1C(=O)NC[C@H](O)COc1cccc(Cl)c1Cl. The van der Waals surface area contributed by atoms with Crippen LogP contribution in [0.25, 0.3) is 0 Å². The Bertz CT molecular complexity index is 661. The second-order valence-corrected chi connectivity index (χ2v) is 5.42. The molecule has 3 N–H and O–H groups in total. The van der Waals surface area contributed by atoms with Gasteiger partial charge in [0.05, 0.1) is 16.8 Å². The highest BCUT2D eigenvalue weighted by Gasteiger charge is 2.14. The third kappa shape index (κ3) is 4.13. The predicted molar refractivity (Wildman–Crippen MR) is 83.6 cm³/mol. The molecule has 0 unspecified atom stereocenters. The quantitative estimate of drug-likeness (QED) is 0.750. The minimum absolute atomic E-state index is 0.0231. The lowest BCUT2D eigenvalue weighted by atomic mass is 10.2. The molecular weight excluding hydrogens is 329 g/mol. The maximum Gasteiger partial charge on any atom is 0.254 e. The minimum Gasteiger partial charge on any atom is -0.489 e. The van der Waals surface area contributed by atoms with Crippen molar-refractivity contribution in [1.29, 1.82) is 0 Å². The number of ether oxygens (including phenoxy) is 1. The van der Waals surface area contributed by atoms with E-state index in [4.69, 9.17) is 27.9 Å². The fourth-order valence-electron chi connectivity index (χ4n) is 1.73. The van der Waals surface area contributed by atoms with E-state index in [0.717, 1.165) is 0 Å². The van der Waals surface area contributed by atoms with Gasteiger partial charge in [-0.15, -0.1) is 0 Å². The molecule has 0 aliphatic carbocycles. The van der Waals surface area contributed by atoms with Gasteiger partial charge in [0, 0.05) is 12.2 Å². The Kier molecular flexibility index (Phi) is 5.65. The molecule has 8 heteroatoms. The van der Waals surface area contributed by atoms with Crippen molar-refractivity contribution in [1.82, 2.24) is 15.5 Å². The van der Waals surface area contributed by atoms with E-state index >= 15 is 0 Å². The maximum absolute atomic E-state index is 11.8. The Morgan fingerprint density at radius 1 is 1.50 bits per heavy atom. The summed E-state index contributed by atoms with van der Waals surface area (Å²) in [6.07, 6.45) is 0.547. The first kappa shape index (κ1) is 16.6. The van der Waals surface area contributed by atoms with E-state index in [1.54, 1.807) is 25.1 Å². The van der Waals surface area contributed by atoms with Gasteiger partial charge in [-0.05, 0) is 19.1 Å². The number of halogens is 2. The van der Waals surface area contributed by atoms with Gasteiger partial charge in [-0.1, -0.05) is 29.3 Å². The molecule has 22 heavy (non-hydrogen) atoms. The first-order valence-electron chi connectivity index (χ1n) is 6.52. The van der Waals surface area contributed by atoms with E-state index in [1.807, 2.05) is 0 Å². The zero-order chi connectivity index (χ0) is 16.1. The van der Waals surface area contributed by atoms with Crippen LogP contribution in [0.15, 0.2) is 24.4 Å². The van der Waals surface area contributed by atoms with Crippen LogP contribution in [0, 0.1) is 6.92 Å². The first-order chi connectivity index (χ1) is 10.5. The van der Waals surface area contributed by atoms with Crippen molar-refractivity contribution in [2.45, 2.75) is 13.0 Å². The fraction of sp³-hybridized carbons (Fsp3) is 0.286. The summed E-state index contributed by atoms with van der Waals surface area (Å²) in [7, 11) is 0. The number of carbonyl (C=O) groups is 1. The van der Waals surface area contributed by atoms with Gasteiger partial charge < -0.3 is 15.2 Å². The number of aliphatic hydroxyl groups is 1. The minimum atomic E-state index is -0.883. The van der Waals surface area contributed by atoms with E-state index in [1.165, 1.54) is 6.20 Å². The zero-order valence-electron chi connectivity index (χ0n) is 11.8. The normalized spacial score (nSPS) is 12.0. The molecule has 1 heterocycles. The molecule has 0 radical (unpaired) electrons. The van der Waals surface area contributed by atoms with Crippen molar-refractivity contribution < 1.29 is 14.6 Å². The summed E-state index contributed by atoms with van der Waals surface area (Å²) in [4.78, 5) is 11.8. The summed E-state index contributed by atoms with van der Waals surface area (Å²) in [6, 6.07) is 4.98. The number of hydrogen-bond acceptors (Lipinski definition) is 4. The first-order valence-corrected chi connectivity index (χ1v) is 7.27. The fourth-order valence-corrected chi connectivity index (χ4v) is 2.07. The van der Waals surface area contributed by atoms with E-state index in [-0.39, 0.29) is 24.1 Å². The molecule has 0 spiro atoms. The summed E-state index contributed by atoms with van der Waals surface area (Å²) in [5, 5.41) is 19.5. The number of hydrogen-bond donors (Lipinski definition) is 3. The monoisotopic (exact) mass is 343 g/mol. The van der Waals surface area contributed by atoms with Gasteiger partial charge in [0.1, 0.15) is 23.5 Å². The van der Waals surface area contributed by atoms with Crippen LogP contribution in [0.5, 0.6) is 5.75 Å². The Labute approximate surface area is 137 Å². The molecule has 0 aliphatic heterocycles. The number of rotatable bonds is 6. The van der Waals surface area contributed by atoms with E-state index < -0.39 is 6.10 Å². The highest BCUT2D eigenvalue weighted by Crippen LogP contribution is 2.31. The number of amides is 1. The smallest absolute Gasteiger partial charge is 0.254 e. The molecule has 0 aliphatic rings. The highest BCUT2D eigenvalue weighted by atomic mass is 35.5. The van der Waals surface area contributed by atoms with E-state index in [0.29, 0.717) is 22.0 Å². The summed E-state index contributed by atoms with van der Waals surface area (Å²) >= 11 is 11.8. The molecule has 2 aromatic rings. The van der Waals surface area contributed by atoms with Crippen LogP contribution in [0.2, 0.25) is 10.0 Å². The largest absolute Gasteiger partial charge is 0.489 e. The van der Waals surface area contributed by atoms with Gasteiger partial charge in [0.25, 0.3) is 5.91 Å². The standard InChI is InChI=1S/C14H15Cl2N3O3/c1-8-10(6-18-19-8)14(21)17-5-9(20)7-22-12-4-2-3-11(15)13(12)16/h2-4,6,9,20H,5,7H2,1H3,(H,17,21)(H,18,19)/t9-/m0/s1. The molecular formula is C14H15Cl2N3O3. The van der Waals surface area contributed by atoms with Crippen molar-refractivity contribution in [3.63, 3.8) is 0 Å². The molecule has 0 saturated carbocycles. The molecule has 1 aromatic carbocycles. The van der Waals surface area contributed by atoms with Crippen LogP contribution in [-0.2, 0) is 0 Å². The van der Waals surface area contributed by atoms with Gasteiger partial charge in [0.15, 0.2) is 0 Å². The lowest BCUT2D eigenvalue weighted by Crippen LogP contribution is -2.35. The average molecular weight is 344 g/mol. The van der Waals surface area contributed by atoms with Crippen molar-refractivity contribution in [3.8, 4) is 5.75 Å². The van der Waals surface area contributed by atoms with Crippen molar-refractivity contribution in [2.24, 2.45) is 0 Å². The third-order valence-corrected chi connectivity index (χ3v) is 3.72. The lowest BCUT2D eigenvalue weighted by Gasteiger charge is -2.14. The van der Waals surface area contributed by atoms with Crippen molar-refractivity contribution in [2.75, 3.05) is 13.2 Å². The second kappa shape index (κ2) is 7.49. The summed E-state index contributed by atoms with van der Waals surface area (Å²) in [5.41, 5.74) is 1.10. The van der Waals surface area contributed by atoms with Crippen molar-refractivity contribution >= 4 is 29.1 Å². The number of carbonyl (C=O) groups excluding carboxylic acids is 1. The summed E-state index contributed by atoms with van der Waals surface area (Å²) in [6.45, 7) is 1.76. The van der Waals surface area contributed by atoms with Gasteiger partial charge >= 0.3 is 0 Å². The van der Waals surface area contributed by atoms with Gasteiger partial charge in [-0.2, -0.15) is 5.10 Å². The Morgan fingerprint density at radius 3 is 2.95 bits per heavy atom. The van der Waals surface area contributed by atoms with Gasteiger partial charge in [-0.25, -0.2) is 0 Å². The predicted octanol–water partition coefficient (Wildman–Crippen LogP) is 2.19. The lowest BCUT2D eigenvalue weighted by molar-refractivity contribution is 0.0843. The second-order valence-electron chi connectivity index (χ2n) is 4.64. The highest BCUT2D eigenvalue weighted by molar-refractivity contribution is 6.42. The number of aromatic nitrogens is 2. The third-order valence-electron chi connectivity index (χ3n) is 2.92. The molecule has 1 aromatic heterocycles. The Morgan fingerprint density at radius 2 is 2.27 bits per heavy atom. The van der Waals surface area contributed by atoms with Gasteiger partial charge in [-0.3, -0.25) is 9.89 Å². The summed E-state index contributed by atoms with van der Waals surface area (Å²) in [5.74, 6) is 0.0660. The number of aliphatic hydroxyl groups excluding tert-OH is 1. The molecule has 0 saturated heterocycles. The number of H-pyrrole nitrogens is 1. The Hall–Kier alpha value is -1.76. The molecule has 6 nitrogen and oxygen atoms in total. The van der Waals surface area contributed by atoms with Crippen LogP contribution in [0.1, 0.15) is 16.1 Å². The maximum atomic E-state index is 11.8.